The highest BCUT2D eigenvalue weighted by Gasteiger charge is 2.26. The van der Waals surface area contributed by atoms with Crippen LogP contribution in [0.1, 0.15) is 31.3 Å². The molecule has 1 fully saturated rings. The first-order valence-electron chi connectivity index (χ1n) is 12.5. The number of anilines is 1. The Bertz CT molecular complexity index is 1630. The quantitative estimate of drug-likeness (QED) is 0.372. The molecule has 5 rings (SSSR count). The number of rotatable bonds is 6. The van der Waals surface area contributed by atoms with E-state index in [1.165, 1.54) is 9.13 Å². The summed E-state index contributed by atoms with van der Waals surface area (Å²) in [6.45, 7) is 5.25. The number of aliphatic hydroxyl groups is 1. The molecule has 1 aromatic carbocycles. The van der Waals surface area contributed by atoms with Gasteiger partial charge in [-0.05, 0) is 32.8 Å². The van der Waals surface area contributed by atoms with Crippen molar-refractivity contribution in [3.63, 3.8) is 0 Å². The van der Waals surface area contributed by atoms with Gasteiger partial charge in [-0.15, -0.1) is 0 Å². The van der Waals surface area contributed by atoms with E-state index in [2.05, 4.69) is 14.9 Å². The highest BCUT2D eigenvalue weighted by molar-refractivity contribution is 5.80. The Hall–Kier alpha value is -3.83. The molecule has 1 saturated heterocycles. The molecule has 1 aliphatic rings. The van der Waals surface area contributed by atoms with E-state index in [0.29, 0.717) is 36.0 Å². The Morgan fingerprint density at radius 1 is 1.19 bits per heavy atom. The zero-order valence-electron chi connectivity index (χ0n) is 21.4. The summed E-state index contributed by atoms with van der Waals surface area (Å²) in [6.07, 6.45) is 3.70. The molecule has 3 N–H and O–H groups in total. The summed E-state index contributed by atoms with van der Waals surface area (Å²) in [7, 11) is 1.62. The van der Waals surface area contributed by atoms with Gasteiger partial charge >= 0.3 is 5.69 Å². The average Bonchev–Trinajstić information content (AvgIpc) is 3.28. The Labute approximate surface area is 213 Å². The van der Waals surface area contributed by atoms with Crippen LogP contribution in [0, 0.1) is 6.92 Å². The molecule has 194 valence electrons. The number of aryl methyl sites for hydroxylation is 2. The molecule has 0 unspecified atom stereocenters. The molecular weight excluding hydrogens is 472 g/mol. The number of allylic oxidation sites excluding steroid dienone is 1. The lowest BCUT2D eigenvalue weighted by Gasteiger charge is -2.31. The molecule has 11 heteroatoms. The smallest absolute Gasteiger partial charge is 0.332 e. The highest BCUT2D eigenvalue weighted by atomic mass is 16.3. The molecular formula is C26H32N8O3. The van der Waals surface area contributed by atoms with E-state index in [1.807, 2.05) is 48.8 Å². The second-order valence-corrected chi connectivity index (χ2v) is 9.73. The van der Waals surface area contributed by atoms with Crippen LogP contribution in [-0.4, -0.2) is 59.5 Å². The fourth-order valence-corrected chi connectivity index (χ4v) is 4.92. The minimum atomic E-state index is -0.486. The van der Waals surface area contributed by atoms with Gasteiger partial charge in [-0.2, -0.15) is 4.98 Å². The lowest BCUT2D eigenvalue weighted by atomic mass is 10.1. The fraction of sp³-hybridized carbons (Fsp3) is 0.423. The molecule has 1 atom stereocenters. The van der Waals surface area contributed by atoms with Crippen LogP contribution in [0.2, 0.25) is 0 Å². The van der Waals surface area contributed by atoms with Crippen molar-refractivity contribution >= 4 is 28.0 Å². The van der Waals surface area contributed by atoms with Crippen LogP contribution in [0.25, 0.3) is 22.1 Å². The van der Waals surface area contributed by atoms with Crippen LogP contribution >= 0.6 is 0 Å². The van der Waals surface area contributed by atoms with Gasteiger partial charge in [0.05, 0.1) is 18.7 Å². The SMILES string of the molecule is C/C(=C\Cn1c(N2CCC[C@@H](N)C2)nc2c1c(=O)n(Cc1nc(C)c3ccccc3n1)c(=O)n2C)CO. The molecule has 4 aromatic rings. The van der Waals surface area contributed by atoms with Gasteiger partial charge in [-0.1, -0.05) is 29.8 Å². The van der Waals surface area contributed by atoms with E-state index in [9.17, 15) is 14.7 Å². The van der Waals surface area contributed by atoms with E-state index >= 15 is 0 Å². The molecule has 1 aliphatic heterocycles. The van der Waals surface area contributed by atoms with Crippen molar-refractivity contribution in [2.45, 2.75) is 45.8 Å². The largest absolute Gasteiger partial charge is 0.392 e. The van der Waals surface area contributed by atoms with Crippen LogP contribution in [0.15, 0.2) is 45.5 Å². The first-order chi connectivity index (χ1) is 17.8. The molecule has 0 aliphatic carbocycles. The number of para-hydroxylation sites is 1. The number of piperidine rings is 1. The first kappa shape index (κ1) is 24.8. The van der Waals surface area contributed by atoms with Gasteiger partial charge < -0.3 is 20.3 Å². The van der Waals surface area contributed by atoms with Crippen molar-refractivity contribution in [2.75, 3.05) is 24.6 Å². The van der Waals surface area contributed by atoms with Crippen LogP contribution in [0.4, 0.5) is 5.95 Å². The van der Waals surface area contributed by atoms with Crippen molar-refractivity contribution < 1.29 is 5.11 Å². The standard InChI is InChI=1S/C26H32N8O3/c1-16(15-35)10-12-33-22-23(30-25(33)32-11-6-7-18(27)13-32)31(3)26(37)34(24(22)36)14-21-28-17(2)19-8-4-5-9-20(19)29-21/h4-5,8-10,18,35H,6-7,11-15,27H2,1-3H3/b16-10+/t18-/m1/s1. The summed E-state index contributed by atoms with van der Waals surface area (Å²) in [6, 6.07) is 7.65. The summed E-state index contributed by atoms with van der Waals surface area (Å²) in [4.78, 5) is 43.2. The predicted octanol–water partition coefficient (Wildman–Crippen LogP) is 1.06. The minimum absolute atomic E-state index is 0.00509. The maximum Gasteiger partial charge on any atom is 0.332 e. The molecule has 0 radical (unpaired) electrons. The van der Waals surface area contributed by atoms with E-state index < -0.39 is 11.2 Å². The Kier molecular flexibility index (Phi) is 6.65. The number of aliphatic hydroxyl groups excluding tert-OH is 1. The summed E-state index contributed by atoms with van der Waals surface area (Å²) in [5.74, 6) is 0.980. The van der Waals surface area contributed by atoms with Crippen molar-refractivity contribution in [1.82, 2.24) is 28.7 Å². The molecule has 0 amide bonds. The normalized spacial score (nSPS) is 16.7. The van der Waals surface area contributed by atoms with Crippen molar-refractivity contribution in [3.05, 3.63) is 68.3 Å². The predicted molar refractivity (Wildman–Crippen MR) is 143 cm³/mol. The number of fused-ring (bicyclic) bond motifs is 2. The maximum absolute atomic E-state index is 13.9. The number of benzene rings is 1. The zero-order chi connectivity index (χ0) is 26.3. The van der Waals surface area contributed by atoms with Crippen LogP contribution in [0.5, 0.6) is 0 Å². The van der Waals surface area contributed by atoms with Gasteiger partial charge in [0.2, 0.25) is 5.95 Å². The Morgan fingerprint density at radius 3 is 2.73 bits per heavy atom. The molecule has 4 heterocycles. The van der Waals surface area contributed by atoms with Crippen LogP contribution in [0.3, 0.4) is 0 Å². The first-order valence-corrected chi connectivity index (χ1v) is 12.5. The van der Waals surface area contributed by atoms with E-state index in [-0.39, 0.29) is 19.2 Å². The molecule has 37 heavy (non-hydrogen) atoms. The zero-order valence-corrected chi connectivity index (χ0v) is 21.4. The maximum atomic E-state index is 13.9. The number of imidazole rings is 1. The van der Waals surface area contributed by atoms with E-state index in [0.717, 1.165) is 41.6 Å². The topological polar surface area (TPSA) is 137 Å². The molecule has 0 saturated carbocycles. The van der Waals surface area contributed by atoms with Gasteiger partial charge in [0.1, 0.15) is 5.82 Å². The van der Waals surface area contributed by atoms with Gasteiger partial charge in [0.25, 0.3) is 5.56 Å². The fourth-order valence-electron chi connectivity index (χ4n) is 4.92. The third-order valence-corrected chi connectivity index (χ3v) is 6.96. The van der Waals surface area contributed by atoms with Crippen molar-refractivity contribution in [1.29, 1.82) is 0 Å². The van der Waals surface area contributed by atoms with Crippen molar-refractivity contribution in [2.24, 2.45) is 12.8 Å². The Morgan fingerprint density at radius 2 is 1.97 bits per heavy atom. The lowest BCUT2D eigenvalue weighted by Crippen LogP contribution is -2.44. The highest BCUT2D eigenvalue weighted by Crippen LogP contribution is 2.23. The van der Waals surface area contributed by atoms with Crippen molar-refractivity contribution in [3.8, 4) is 0 Å². The van der Waals surface area contributed by atoms with Gasteiger partial charge in [-0.3, -0.25) is 13.9 Å². The second-order valence-electron chi connectivity index (χ2n) is 9.73. The monoisotopic (exact) mass is 504 g/mol. The molecule has 11 nitrogen and oxygen atoms in total. The second kappa shape index (κ2) is 9.91. The summed E-state index contributed by atoms with van der Waals surface area (Å²) in [5, 5.41) is 10.5. The summed E-state index contributed by atoms with van der Waals surface area (Å²) < 4.78 is 4.38. The van der Waals surface area contributed by atoms with E-state index in [4.69, 9.17) is 10.7 Å². The van der Waals surface area contributed by atoms with Gasteiger partial charge in [-0.25, -0.2) is 14.8 Å². The van der Waals surface area contributed by atoms with Gasteiger partial charge in [0, 0.05) is 43.8 Å². The van der Waals surface area contributed by atoms with Crippen LogP contribution in [-0.2, 0) is 20.1 Å². The number of hydrogen-bond acceptors (Lipinski definition) is 8. The summed E-state index contributed by atoms with van der Waals surface area (Å²) >= 11 is 0. The third kappa shape index (κ3) is 4.56. The summed E-state index contributed by atoms with van der Waals surface area (Å²) in [5.41, 5.74) is 8.24. The molecule has 0 spiro atoms. The molecule has 0 bridgehead atoms. The molecule has 3 aromatic heterocycles. The number of hydrogen-bond donors (Lipinski definition) is 2. The number of nitrogens with zero attached hydrogens (tertiary/aromatic N) is 7. The Balaban J connectivity index is 1.69. The average molecular weight is 505 g/mol. The van der Waals surface area contributed by atoms with E-state index in [1.54, 1.807) is 7.05 Å². The minimum Gasteiger partial charge on any atom is -0.392 e. The lowest BCUT2D eigenvalue weighted by molar-refractivity contribution is 0.330. The van der Waals surface area contributed by atoms with Crippen LogP contribution < -0.4 is 21.9 Å². The van der Waals surface area contributed by atoms with Gasteiger partial charge in [0.15, 0.2) is 11.2 Å². The number of aromatic nitrogens is 6. The third-order valence-electron chi connectivity index (χ3n) is 6.96. The number of nitrogens with two attached hydrogens (primary N) is 1.